The van der Waals surface area contributed by atoms with Gasteiger partial charge in [0.15, 0.2) is 5.82 Å². The third-order valence-electron chi connectivity index (χ3n) is 4.47. The number of carbonyl (C=O) groups is 1. The Morgan fingerprint density at radius 1 is 1.38 bits per heavy atom. The summed E-state index contributed by atoms with van der Waals surface area (Å²) in [5.41, 5.74) is 1.53. The fraction of sp³-hybridized carbons (Fsp3) is 0.556. The number of carbonyl (C=O) groups excluding carboxylic acids is 1. The monoisotopic (exact) mass is 360 g/mol. The second-order valence-corrected chi connectivity index (χ2v) is 6.29. The first-order chi connectivity index (χ1) is 12.7. The molecule has 1 aliphatic heterocycles. The number of aromatic nitrogens is 3. The van der Waals surface area contributed by atoms with E-state index in [0.717, 1.165) is 24.8 Å². The molecule has 1 aliphatic rings. The van der Waals surface area contributed by atoms with Gasteiger partial charge in [-0.15, -0.1) is 0 Å². The quantitative estimate of drug-likeness (QED) is 0.700. The molecule has 1 atom stereocenters. The molecule has 0 saturated carbocycles. The van der Waals surface area contributed by atoms with Crippen molar-refractivity contribution in [3.8, 4) is 0 Å². The minimum Gasteiger partial charge on any atom is -0.382 e. The molecule has 0 bridgehead atoms. The Labute approximate surface area is 152 Å². The number of methoxy groups -OCH3 is 1. The number of pyridine rings is 1. The standard InChI is InChI=1S/C18H24N4O4/c1-13-6-7-19-11-14(13)18(23)22-8-4-3-5-15(22)17-20-16(26-21-17)12-25-10-9-24-2/h6-7,11,15H,3-5,8-10,12H2,1-2H3. The van der Waals surface area contributed by atoms with Gasteiger partial charge >= 0.3 is 0 Å². The summed E-state index contributed by atoms with van der Waals surface area (Å²) in [5, 5.41) is 4.08. The van der Waals surface area contributed by atoms with Crippen molar-refractivity contribution in [2.75, 3.05) is 26.9 Å². The molecule has 1 amide bonds. The van der Waals surface area contributed by atoms with Gasteiger partial charge in [-0.3, -0.25) is 9.78 Å². The maximum atomic E-state index is 13.0. The first-order valence-corrected chi connectivity index (χ1v) is 8.81. The Balaban J connectivity index is 1.72. The number of aryl methyl sites for hydroxylation is 1. The van der Waals surface area contributed by atoms with E-state index in [-0.39, 0.29) is 18.6 Å². The average molecular weight is 360 g/mol. The molecule has 0 spiro atoms. The van der Waals surface area contributed by atoms with E-state index in [9.17, 15) is 4.79 Å². The predicted octanol–water partition coefficient (Wildman–Crippen LogP) is 2.30. The van der Waals surface area contributed by atoms with Crippen LogP contribution in [0.3, 0.4) is 0 Å². The minimum atomic E-state index is -0.188. The third kappa shape index (κ3) is 4.25. The van der Waals surface area contributed by atoms with Crippen molar-refractivity contribution in [2.45, 2.75) is 38.8 Å². The molecule has 140 valence electrons. The van der Waals surface area contributed by atoms with Crippen LogP contribution in [0.5, 0.6) is 0 Å². The highest BCUT2D eigenvalue weighted by Gasteiger charge is 2.32. The van der Waals surface area contributed by atoms with Gasteiger partial charge in [-0.1, -0.05) is 5.16 Å². The lowest BCUT2D eigenvalue weighted by Crippen LogP contribution is -2.39. The minimum absolute atomic E-state index is 0.0389. The maximum absolute atomic E-state index is 13.0. The average Bonchev–Trinajstić information content (AvgIpc) is 3.14. The zero-order valence-corrected chi connectivity index (χ0v) is 15.2. The molecular weight excluding hydrogens is 336 g/mol. The number of likely N-dealkylation sites (tertiary alicyclic amines) is 1. The molecule has 3 heterocycles. The first kappa shape index (κ1) is 18.5. The van der Waals surface area contributed by atoms with Gasteiger partial charge in [-0.2, -0.15) is 4.98 Å². The molecule has 2 aromatic rings. The van der Waals surface area contributed by atoms with Gasteiger partial charge in [0, 0.05) is 26.0 Å². The van der Waals surface area contributed by atoms with Crippen molar-refractivity contribution in [2.24, 2.45) is 0 Å². The van der Waals surface area contributed by atoms with Crippen molar-refractivity contribution in [1.29, 1.82) is 0 Å². The lowest BCUT2D eigenvalue weighted by atomic mass is 9.99. The molecule has 1 saturated heterocycles. The molecule has 1 unspecified atom stereocenters. The van der Waals surface area contributed by atoms with Crippen LogP contribution in [0.25, 0.3) is 0 Å². The van der Waals surface area contributed by atoms with Gasteiger partial charge in [-0.05, 0) is 37.8 Å². The molecule has 3 rings (SSSR count). The fourth-order valence-corrected chi connectivity index (χ4v) is 3.05. The fourth-order valence-electron chi connectivity index (χ4n) is 3.05. The topological polar surface area (TPSA) is 90.6 Å². The lowest BCUT2D eigenvalue weighted by Gasteiger charge is -2.34. The Kier molecular flexibility index (Phi) is 6.30. The van der Waals surface area contributed by atoms with E-state index in [0.29, 0.717) is 37.0 Å². The van der Waals surface area contributed by atoms with Gasteiger partial charge in [0.05, 0.1) is 24.8 Å². The maximum Gasteiger partial charge on any atom is 0.256 e. The predicted molar refractivity (Wildman–Crippen MR) is 92.4 cm³/mol. The second-order valence-electron chi connectivity index (χ2n) is 6.29. The number of rotatable bonds is 7. The van der Waals surface area contributed by atoms with Crippen LogP contribution in [0.15, 0.2) is 23.0 Å². The van der Waals surface area contributed by atoms with Crippen molar-refractivity contribution >= 4 is 5.91 Å². The van der Waals surface area contributed by atoms with Gasteiger partial charge in [0.25, 0.3) is 11.8 Å². The molecule has 26 heavy (non-hydrogen) atoms. The van der Waals surface area contributed by atoms with Crippen molar-refractivity contribution in [3.05, 3.63) is 41.3 Å². The summed E-state index contributed by atoms with van der Waals surface area (Å²) in [6.07, 6.45) is 6.11. The third-order valence-corrected chi connectivity index (χ3v) is 4.47. The first-order valence-electron chi connectivity index (χ1n) is 8.81. The Bertz CT molecular complexity index is 733. The summed E-state index contributed by atoms with van der Waals surface area (Å²) in [5.74, 6) is 0.902. The number of hydrogen-bond donors (Lipinski definition) is 0. The molecule has 0 N–H and O–H groups in total. The zero-order chi connectivity index (χ0) is 18.4. The second kappa shape index (κ2) is 8.86. The Morgan fingerprint density at radius 2 is 2.27 bits per heavy atom. The van der Waals surface area contributed by atoms with Crippen molar-refractivity contribution in [1.82, 2.24) is 20.0 Å². The largest absolute Gasteiger partial charge is 0.382 e. The highest BCUT2D eigenvalue weighted by Crippen LogP contribution is 2.31. The molecular formula is C18H24N4O4. The van der Waals surface area contributed by atoms with Crippen LogP contribution < -0.4 is 0 Å². The van der Waals surface area contributed by atoms with Gasteiger partial charge in [-0.25, -0.2) is 0 Å². The van der Waals surface area contributed by atoms with Crippen LogP contribution in [0.4, 0.5) is 0 Å². The number of hydrogen-bond acceptors (Lipinski definition) is 7. The number of ether oxygens (including phenoxy) is 2. The summed E-state index contributed by atoms with van der Waals surface area (Å²) in [6.45, 7) is 3.79. The molecule has 2 aromatic heterocycles. The van der Waals surface area contributed by atoms with E-state index < -0.39 is 0 Å². The van der Waals surface area contributed by atoms with E-state index in [2.05, 4.69) is 15.1 Å². The van der Waals surface area contributed by atoms with Crippen LogP contribution in [0.1, 0.15) is 52.9 Å². The zero-order valence-electron chi connectivity index (χ0n) is 15.2. The van der Waals surface area contributed by atoms with E-state index >= 15 is 0 Å². The van der Waals surface area contributed by atoms with E-state index in [4.69, 9.17) is 14.0 Å². The molecule has 0 aromatic carbocycles. The molecule has 1 fully saturated rings. The van der Waals surface area contributed by atoms with Crippen LogP contribution in [0.2, 0.25) is 0 Å². The molecule has 0 radical (unpaired) electrons. The van der Waals surface area contributed by atoms with E-state index in [1.807, 2.05) is 17.9 Å². The smallest absolute Gasteiger partial charge is 0.256 e. The lowest BCUT2D eigenvalue weighted by molar-refractivity contribution is 0.0494. The van der Waals surface area contributed by atoms with Crippen molar-refractivity contribution < 1.29 is 18.8 Å². The molecule has 8 nitrogen and oxygen atoms in total. The SMILES string of the molecule is COCCOCc1nc(C2CCCCN2C(=O)c2cnccc2C)no1. The summed E-state index contributed by atoms with van der Waals surface area (Å²) in [4.78, 5) is 23.4. The van der Waals surface area contributed by atoms with Crippen LogP contribution in [-0.2, 0) is 16.1 Å². The summed E-state index contributed by atoms with van der Waals surface area (Å²) in [6, 6.07) is 1.66. The van der Waals surface area contributed by atoms with E-state index in [1.165, 1.54) is 0 Å². The number of nitrogens with zero attached hydrogens (tertiary/aromatic N) is 4. The Morgan fingerprint density at radius 3 is 3.08 bits per heavy atom. The summed E-state index contributed by atoms with van der Waals surface area (Å²) < 4.78 is 15.6. The molecule has 0 aliphatic carbocycles. The number of amides is 1. The Hall–Kier alpha value is -2.32. The molecule has 8 heteroatoms. The highest BCUT2D eigenvalue weighted by atomic mass is 16.5. The summed E-state index contributed by atoms with van der Waals surface area (Å²) in [7, 11) is 1.62. The van der Waals surface area contributed by atoms with Gasteiger partial charge in [0.2, 0.25) is 0 Å². The summed E-state index contributed by atoms with van der Waals surface area (Å²) >= 11 is 0. The van der Waals surface area contributed by atoms with Crippen molar-refractivity contribution in [3.63, 3.8) is 0 Å². The van der Waals surface area contributed by atoms with Crippen LogP contribution >= 0.6 is 0 Å². The van der Waals surface area contributed by atoms with Gasteiger partial charge < -0.3 is 18.9 Å². The van der Waals surface area contributed by atoms with Gasteiger partial charge in [0.1, 0.15) is 6.61 Å². The van der Waals surface area contributed by atoms with Crippen LogP contribution in [-0.4, -0.2) is 52.8 Å². The number of piperidine rings is 1. The van der Waals surface area contributed by atoms with Crippen LogP contribution in [0, 0.1) is 6.92 Å². The highest BCUT2D eigenvalue weighted by molar-refractivity contribution is 5.95. The normalized spacial score (nSPS) is 17.5. The van der Waals surface area contributed by atoms with E-state index in [1.54, 1.807) is 19.5 Å².